The van der Waals surface area contributed by atoms with Crippen molar-refractivity contribution < 1.29 is 19.8 Å². The average Bonchev–Trinajstić information content (AvgIpc) is 2.69. The van der Waals surface area contributed by atoms with E-state index < -0.39 is 18.2 Å². The van der Waals surface area contributed by atoms with Crippen LogP contribution in [0.3, 0.4) is 0 Å². The molecule has 0 aliphatic carbocycles. The number of rotatable bonds is 5. The molecule has 1 aromatic rings. The van der Waals surface area contributed by atoms with Crippen molar-refractivity contribution in [2.45, 2.75) is 31.7 Å². The lowest BCUT2D eigenvalue weighted by molar-refractivity contribution is -0.120. The molecule has 1 aliphatic rings. The number of primary amides is 1. The number of anilines is 1. The van der Waals surface area contributed by atoms with Gasteiger partial charge in [0.05, 0.1) is 6.04 Å². The second-order valence-electron chi connectivity index (χ2n) is 4.79. The normalized spacial score (nSPS) is 15.6. The summed E-state index contributed by atoms with van der Waals surface area (Å²) in [5, 5.41) is 18.9. The predicted molar refractivity (Wildman–Crippen MR) is 71.2 cm³/mol. The zero-order valence-corrected chi connectivity index (χ0v) is 10.8. The van der Waals surface area contributed by atoms with E-state index in [9.17, 15) is 19.8 Å². The average molecular weight is 279 g/mol. The highest BCUT2D eigenvalue weighted by Gasteiger charge is 2.36. The Morgan fingerprint density at radius 2 is 2.10 bits per heavy atom. The van der Waals surface area contributed by atoms with Crippen molar-refractivity contribution in [3.63, 3.8) is 0 Å². The molecule has 1 heterocycles. The molecule has 0 saturated heterocycles. The van der Waals surface area contributed by atoms with Gasteiger partial charge in [-0.3, -0.25) is 9.59 Å². The van der Waals surface area contributed by atoms with Gasteiger partial charge in [0.1, 0.15) is 0 Å². The Bertz CT molecular complexity index is 544. The number of aliphatic hydroxyl groups is 2. The lowest BCUT2D eigenvalue weighted by Gasteiger charge is -2.28. The van der Waals surface area contributed by atoms with Crippen LogP contribution in [0.25, 0.3) is 0 Å². The molecule has 1 unspecified atom stereocenters. The topological polar surface area (TPSA) is 130 Å². The molecule has 0 bridgehead atoms. The van der Waals surface area contributed by atoms with Gasteiger partial charge in [0, 0.05) is 29.8 Å². The van der Waals surface area contributed by atoms with Crippen LogP contribution >= 0.6 is 0 Å². The SMILES string of the molecule is NC(=O)CCC(C(O)O)N1Cc2c(N)cccc2C1=O. The molecule has 2 amide bonds. The van der Waals surface area contributed by atoms with Crippen molar-refractivity contribution in [3.8, 4) is 0 Å². The molecule has 7 heteroatoms. The summed E-state index contributed by atoms with van der Waals surface area (Å²) < 4.78 is 0. The van der Waals surface area contributed by atoms with E-state index in [1.54, 1.807) is 18.2 Å². The van der Waals surface area contributed by atoms with Crippen LogP contribution in [0.1, 0.15) is 28.8 Å². The van der Waals surface area contributed by atoms with Gasteiger partial charge in [-0.2, -0.15) is 0 Å². The molecular formula is C13H17N3O4. The molecule has 1 atom stereocenters. The highest BCUT2D eigenvalue weighted by molar-refractivity contribution is 6.00. The van der Waals surface area contributed by atoms with Crippen molar-refractivity contribution in [2.24, 2.45) is 5.73 Å². The number of hydrogen-bond donors (Lipinski definition) is 4. The van der Waals surface area contributed by atoms with E-state index in [0.29, 0.717) is 16.8 Å². The number of hydrogen-bond acceptors (Lipinski definition) is 5. The fraction of sp³-hybridized carbons (Fsp3) is 0.385. The summed E-state index contributed by atoms with van der Waals surface area (Å²) >= 11 is 0. The van der Waals surface area contributed by atoms with Crippen molar-refractivity contribution in [3.05, 3.63) is 29.3 Å². The molecule has 7 nitrogen and oxygen atoms in total. The van der Waals surface area contributed by atoms with Crippen LogP contribution in [0.5, 0.6) is 0 Å². The number of aliphatic hydroxyl groups excluding tert-OH is 1. The van der Waals surface area contributed by atoms with E-state index in [-0.39, 0.29) is 25.3 Å². The number of carbonyl (C=O) groups excluding carboxylic acids is 2. The number of nitrogens with zero attached hydrogens (tertiary/aromatic N) is 1. The Labute approximate surface area is 115 Å². The van der Waals surface area contributed by atoms with Gasteiger partial charge in [0.15, 0.2) is 6.29 Å². The lowest BCUT2D eigenvalue weighted by Crippen LogP contribution is -2.44. The molecule has 20 heavy (non-hydrogen) atoms. The zero-order valence-electron chi connectivity index (χ0n) is 10.8. The summed E-state index contributed by atoms with van der Waals surface area (Å²) in [7, 11) is 0. The second-order valence-corrected chi connectivity index (χ2v) is 4.79. The molecule has 2 rings (SSSR count). The fourth-order valence-electron chi connectivity index (χ4n) is 2.40. The Kier molecular flexibility index (Phi) is 3.91. The minimum absolute atomic E-state index is 0.0299. The van der Waals surface area contributed by atoms with Crippen LogP contribution in [0.15, 0.2) is 18.2 Å². The summed E-state index contributed by atoms with van der Waals surface area (Å²) in [5.74, 6) is -0.880. The monoisotopic (exact) mass is 279 g/mol. The van der Waals surface area contributed by atoms with E-state index in [1.165, 1.54) is 4.90 Å². The highest BCUT2D eigenvalue weighted by atomic mass is 16.5. The number of carbonyl (C=O) groups is 2. The van der Waals surface area contributed by atoms with Crippen molar-refractivity contribution in [1.82, 2.24) is 4.90 Å². The first-order chi connectivity index (χ1) is 9.41. The minimum Gasteiger partial charge on any atom is -0.398 e. The quantitative estimate of drug-likeness (QED) is 0.413. The van der Waals surface area contributed by atoms with Crippen LogP contribution in [0.4, 0.5) is 5.69 Å². The van der Waals surface area contributed by atoms with E-state index in [1.807, 2.05) is 0 Å². The highest BCUT2D eigenvalue weighted by Crippen LogP contribution is 2.30. The van der Waals surface area contributed by atoms with E-state index >= 15 is 0 Å². The molecule has 0 spiro atoms. The molecular weight excluding hydrogens is 262 g/mol. The molecule has 1 aliphatic heterocycles. The van der Waals surface area contributed by atoms with Gasteiger partial charge in [0.25, 0.3) is 5.91 Å². The first-order valence-corrected chi connectivity index (χ1v) is 6.24. The van der Waals surface area contributed by atoms with Crippen LogP contribution in [-0.2, 0) is 11.3 Å². The summed E-state index contributed by atoms with van der Waals surface area (Å²) in [6.07, 6.45) is -1.68. The molecule has 0 aromatic heterocycles. The van der Waals surface area contributed by atoms with Gasteiger partial charge in [-0.05, 0) is 18.6 Å². The predicted octanol–water partition coefficient (Wildman–Crippen LogP) is -0.831. The molecule has 0 radical (unpaired) electrons. The van der Waals surface area contributed by atoms with Gasteiger partial charge in [-0.25, -0.2) is 0 Å². The number of benzene rings is 1. The van der Waals surface area contributed by atoms with E-state index in [0.717, 1.165) is 0 Å². The Morgan fingerprint density at radius 1 is 1.40 bits per heavy atom. The number of fused-ring (bicyclic) bond motifs is 1. The maximum Gasteiger partial charge on any atom is 0.255 e. The first kappa shape index (κ1) is 14.3. The molecule has 0 saturated carbocycles. The lowest BCUT2D eigenvalue weighted by atomic mass is 10.1. The third-order valence-electron chi connectivity index (χ3n) is 3.46. The summed E-state index contributed by atoms with van der Waals surface area (Å²) in [6, 6.07) is 4.11. The molecule has 0 fully saturated rings. The van der Waals surface area contributed by atoms with Gasteiger partial charge in [-0.15, -0.1) is 0 Å². The summed E-state index contributed by atoms with van der Waals surface area (Å²) in [4.78, 5) is 24.4. The Balaban J connectivity index is 2.23. The summed E-state index contributed by atoms with van der Waals surface area (Å²) in [5.41, 5.74) is 12.5. The van der Waals surface area contributed by atoms with Crippen molar-refractivity contribution in [2.75, 3.05) is 5.73 Å². The maximum absolute atomic E-state index is 12.3. The summed E-state index contributed by atoms with van der Waals surface area (Å²) in [6.45, 7) is 0.196. The maximum atomic E-state index is 12.3. The van der Waals surface area contributed by atoms with Crippen molar-refractivity contribution in [1.29, 1.82) is 0 Å². The molecule has 1 aromatic carbocycles. The van der Waals surface area contributed by atoms with Crippen LogP contribution < -0.4 is 11.5 Å². The first-order valence-electron chi connectivity index (χ1n) is 6.24. The van der Waals surface area contributed by atoms with Gasteiger partial charge in [0.2, 0.25) is 5.91 Å². The zero-order chi connectivity index (χ0) is 14.9. The van der Waals surface area contributed by atoms with E-state index in [2.05, 4.69) is 0 Å². The molecule has 108 valence electrons. The number of nitrogen functional groups attached to an aromatic ring is 1. The van der Waals surface area contributed by atoms with Crippen molar-refractivity contribution >= 4 is 17.5 Å². The van der Waals surface area contributed by atoms with Gasteiger partial charge in [-0.1, -0.05) is 6.07 Å². The third kappa shape index (κ3) is 2.59. The Morgan fingerprint density at radius 3 is 2.65 bits per heavy atom. The third-order valence-corrected chi connectivity index (χ3v) is 3.46. The smallest absolute Gasteiger partial charge is 0.255 e. The van der Waals surface area contributed by atoms with Crippen LogP contribution in [-0.4, -0.2) is 39.3 Å². The largest absolute Gasteiger partial charge is 0.398 e. The van der Waals surface area contributed by atoms with E-state index in [4.69, 9.17) is 11.5 Å². The second kappa shape index (κ2) is 5.48. The van der Waals surface area contributed by atoms with Gasteiger partial charge >= 0.3 is 0 Å². The van der Waals surface area contributed by atoms with Gasteiger partial charge < -0.3 is 26.6 Å². The fourth-order valence-corrected chi connectivity index (χ4v) is 2.40. The number of amides is 2. The van der Waals surface area contributed by atoms with Crippen LogP contribution in [0, 0.1) is 0 Å². The van der Waals surface area contributed by atoms with Crippen LogP contribution in [0.2, 0.25) is 0 Å². The standard InChI is InChI=1S/C13H17N3O4/c14-9-3-1-2-7-8(9)6-16(12(7)18)10(13(19)20)4-5-11(15)17/h1-3,10,13,19-20H,4-6,14H2,(H2,15,17). The number of nitrogens with two attached hydrogens (primary N) is 2. The molecule has 6 N–H and O–H groups in total. The Hall–Kier alpha value is -2.12. The minimum atomic E-state index is -1.74.